The maximum absolute atomic E-state index is 12.4. The Kier molecular flexibility index (Phi) is 5.87. The number of amides is 1. The third-order valence-electron chi connectivity index (χ3n) is 4.03. The van der Waals surface area contributed by atoms with Gasteiger partial charge in [0.2, 0.25) is 5.91 Å². The van der Waals surface area contributed by atoms with Crippen molar-refractivity contribution in [2.75, 3.05) is 18.2 Å². The number of carbonyl (C=O) groups is 1. The van der Waals surface area contributed by atoms with Gasteiger partial charge in [-0.3, -0.25) is 9.36 Å². The number of carbonyl (C=O) groups excluding carboxylic acids is 1. The summed E-state index contributed by atoms with van der Waals surface area (Å²) < 4.78 is 7.02. The lowest BCUT2D eigenvalue weighted by Crippen LogP contribution is -2.14. The van der Waals surface area contributed by atoms with Crippen LogP contribution in [-0.2, 0) is 4.79 Å². The van der Waals surface area contributed by atoms with E-state index in [0.717, 1.165) is 27.7 Å². The van der Waals surface area contributed by atoms with Gasteiger partial charge >= 0.3 is 0 Å². The Labute approximate surface area is 175 Å². The molecule has 0 spiro atoms. The predicted molar refractivity (Wildman–Crippen MR) is 115 cm³/mol. The summed E-state index contributed by atoms with van der Waals surface area (Å²) in [5.74, 6) is 0.877. The molecule has 0 saturated carbocycles. The van der Waals surface area contributed by atoms with Gasteiger partial charge in [-0.1, -0.05) is 23.9 Å². The number of nitrogens with zero attached hydrogens (tertiary/aromatic N) is 4. The fourth-order valence-corrected chi connectivity index (χ4v) is 4.03. The van der Waals surface area contributed by atoms with E-state index in [1.54, 1.807) is 31.0 Å². The van der Waals surface area contributed by atoms with Gasteiger partial charge in [0.25, 0.3) is 0 Å². The van der Waals surface area contributed by atoms with E-state index < -0.39 is 0 Å². The molecule has 1 amide bonds. The molecule has 4 aromatic rings. The van der Waals surface area contributed by atoms with Crippen molar-refractivity contribution in [2.24, 2.45) is 0 Å². The molecule has 0 aliphatic heterocycles. The highest BCUT2D eigenvalue weighted by molar-refractivity contribution is 7.99. The van der Waals surface area contributed by atoms with Gasteiger partial charge in [-0.2, -0.15) is 0 Å². The molecule has 4 rings (SSSR count). The van der Waals surface area contributed by atoms with Crippen molar-refractivity contribution in [3.05, 3.63) is 66.4 Å². The molecule has 146 valence electrons. The fraction of sp³-hybridized carbons (Fsp3) is 0.100. The monoisotopic (exact) mass is 423 g/mol. The second-order valence-electron chi connectivity index (χ2n) is 5.94. The molecule has 0 fully saturated rings. The van der Waals surface area contributed by atoms with Crippen molar-refractivity contribution in [1.29, 1.82) is 0 Å². The van der Waals surface area contributed by atoms with Gasteiger partial charge in [0.1, 0.15) is 17.1 Å². The van der Waals surface area contributed by atoms with Gasteiger partial charge in [0.05, 0.1) is 12.9 Å². The van der Waals surface area contributed by atoms with Crippen molar-refractivity contribution >= 4 is 34.7 Å². The first kappa shape index (κ1) is 19.2. The van der Waals surface area contributed by atoms with Gasteiger partial charge in [-0.15, -0.1) is 21.5 Å². The van der Waals surface area contributed by atoms with Crippen LogP contribution in [0, 0.1) is 0 Å². The van der Waals surface area contributed by atoms with Gasteiger partial charge in [0, 0.05) is 28.5 Å². The van der Waals surface area contributed by atoms with Gasteiger partial charge in [-0.05, 0) is 36.4 Å². The van der Waals surface area contributed by atoms with Gasteiger partial charge in [0.15, 0.2) is 5.16 Å². The maximum Gasteiger partial charge on any atom is 0.234 e. The van der Waals surface area contributed by atoms with Crippen molar-refractivity contribution in [1.82, 2.24) is 19.7 Å². The SMILES string of the molecule is COc1ccc(-n2cnnc2SCC(=O)Nc2cccc(-c3nccs3)c2)cc1. The fourth-order valence-electron chi connectivity index (χ4n) is 2.67. The van der Waals surface area contributed by atoms with Gasteiger partial charge in [-0.25, -0.2) is 4.98 Å². The molecule has 0 bridgehead atoms. The minimum Gasteiger partial charge on any atom is -0.497 e. The van der Waals surface area contributed by atoms with Crippen LogP contribution in [0.25, 0.3) is 16.3 Å². The quantitative estimate of drug-likeness (QED) is 0.450. The van der Waals surface area contributed by atoms with Crippen LogP contribution in [-0.4, -0.2) is 38.5 Å². The highest BCUT2D eigenvalue weighted by Gasteiger charge is 2.11. The summed E-state index contributed by atoms with van der Waals surface area (Å²) in [6.45, 7) is 0. The minimum atomic E-state index is -0.115. The first-order valence-corrected chi connectivity index (χ1v) is 10.6. The number of hydrogen-bond acceptors (Lipinski definition) is 7. The molecule has 2 heterocycles. The number of aromatic nitrogens is 4. The molecule has 0 atom stereocenters. The number of methoxy groups -OCH3 is 1. The number of thiazole rings is 1. The highest BCUT2D eigenvalue weighted by Crippen LogP contribution is 2.25. The van der Waals surface area contributed by atoms with Crippen LogP contribution in [0.1, 0.15) is 0 Å². The molecule has 2 aromatic carbocycles. The molecule has 0 unspecified atom stereocenters. The van der Waals surface area contributed by atoms with Crippen molar-refractivity contribution in [3.8, 4) is 22.0 Å². The predicted octanol–water partition coefficient (Wildman–Crippen LogP) is 4.13. The lowest BCUT2D eigenvalue weighted by molar-refractivity contribution is -0.113. The molecule has 1 N–H and O–H groups in total. The number of rotatable bonds is 7. The van der Waals surface area contributed by atoms with E-state index in [1.807, 2.05) is 58.5 Å². The van der Waals surface area contributed by atoms with Crippen LogP contribution in [0.5, 0.6) is 5.75 Å². The van der Waals surface area contributed by atoms with Crippen LogP contribution >= 0.6 is 23.1 Å². The summed E-state index contributed by atoms with van der Waals surface area (Å²) in [6.07, 6.45) is 3.39. The van der Waals surface area contributed by atoms with E-state index in [9.17, 15) is 4.79 Å². The molecule has 2 aromatic heterocycles. The summed E-state index contributed by atoms with van der Waals surface area (Å²) in [7, 11) is 1.63. The molecule has 29 heavy (non-hydrogen) atoms. The molecule has 9 heteroatoms. The lowest BCUT2D eigenvalue weighted by atomic mass is 10.2. The summed E-state index contributed by atoms with van der Waals surface area (Å²) in [5, 5.41) is 14.5. The molecule has 0 radical (unpaired) electrons. The largest absolute Gasteiger partial charge is 0.497 e. The standard InChI is InChI=1S/C20H17N5O2S2/c1-27-17-7-5-16(6-8-17)25-13-22-24-20(25)29-12-18(26)23-15-4-2-3-14(11-15)19-21-9-10-28-19/h2-11,13H,12H2,1H3,(H,23,26). The zero-order valence-electron chi connectivity index (χ0n) is 15.5. The molecule has 0 aliphatic rings. The number of benzene rings is 2. The Morgan fingerprint density at radius 2 is 2.10 bits per heavy atom. The molecule has 7 nitrogen and oxygen atoms in total. The average Bonchev–Trinajstić information content (AvgIpc) is 3.45. The van der Waals surface area contributed by atoms with E-state index in [-0.39, 0.29) is 11.7 Å². The summed E-state index contributed by atoms with van der Waals surface area (Å²) in [6, 6.07) is 15.2. The smallest absolute Gasteiger partial charge is 0.234 e. The third-order valence-corrected chi connectivity index (χ3v) is 5.79. The summed E-state index contributed by atoms with van der Waals surface area (Å²) in [4.78, 5) is 16.7. The minimum absolute atomic E-state index is 0.115. The van der Waals surface area contributed by atoms with Crippen molar-refractivity contribution < 1.29 is 9.53 Å². The Hall–Kier alpha value is -3.17. The Bertz CT molecular complexity index is 1090. The normalized spacial score (nSPS) is 10.7. The molecular weight excluding hydrogens is 406 g/mol. The lowest BCUT2D eigenvalue weighted by Gasteiger charge is -2.08. The van der Waals surface area contributed by atoms with Crippen LogP contribution in [0.4, 0.5) is 5.69 Å². The van der Waals surface area contributed by atoms with E-state index in [2.05, 4.69) is 20.5 Å². The van der Waals surface area contributed by atoms with Crippen LogP contribution < -0.4 is 10.1 Å². The average molecular weight is 424 g/mol. The maximum atomic E-state index is 12.4. The van der Waals surface area contributed by atoms with Crippen LogP contribution in [0.2, 0.25) is 0 Å². The van der Waals surface area contributed by atoms with Crippen molar-refractivity contribution in [3.63, 3.8) is 0 Å². The van der Waals surface area contributed by atoms with Crippen LogP contribution in [0.15, 0.2) is 71.6 Å². The third kappa shape index (κ3) is 4.64. The first-order valence-electron chi connectivity index (χ1n) is 8.70. The van der Waals surface area contributed by atoms with Crippen LogP contribution in [0.3, 0.4) is 0 Å². The van der Waals surface area contributed by atoms with Crippen molar-refractivity contribution in [2.45, 2.75) is 5.16 Å². The molecule has 0 saturated heterocycles. The molecular formula is C20H17N5O2S2. The number of anilines is 1. The highest BCUT2D eigenvalue weighted by atomic mass is 32.2. The van der Waals surface area contributed by atoms with E-state index in [4.69, 9.17) is 4.74 Å². The Balaban J connectivity index is 1.39. The summed E-state index contributed by atoms with van der Waals surface area (Å²) in [5.41, 5.74) is 2.61. The number of ether oxygens (including phenoxy) is 1. The second kappa shape index (κ2) is 8.89. The Morgan fingerprint density at radius 3 is 2.86 bits per heavy atom. The van der Waals surface area contributed by atoms with E-state index in [1.165, 1.54) is 11.8 Å². The second-order valence-corrected chi connectivity index (χ2v) is 7.77. The van der Waals surface area contributed by atoms with E-state index >= 15 is 0 Å². The summed E-state index contributed by atoms with van der Waals surface area (Å²) >= 11 is 2.88. The number of hydrogen-bond donors (Lipinski definition) is 1. The van der Waals surface area contributed by atoms with Gasteiger partial charge < -0.3 is 10.1 Å². The Morgan fingerprint density at radius 1 is 1.24 bits per heavy atom. The first-order chi connectivity index (χ1) is 14.2. The number of thioether (sulfide) groups is 1. The number of nitrogens with one attached hydrogen (secondary N) is 1. The molecule has 0 aliphatic carbocycles. The van der Waals surface area contributed by atoms with E-state index in [0.29, 0.717) is 5.16 Å². The zero-order valence-corrected chi connectivity index (χ0v) is 17.1. The topological polar surface area (TPSA) is 81.9 Å². The zero-order chi connectivity index (χ0) is 20.1.